The van der Waals surface area contributed by atoms with Gasteiger partial charge >= 0.3 is 5.91 Å². The van der Waals surface area contributed by atoms with Gasteiger partial charge in [0.2, 0.25) is 5.95 Å². The number of rotatable bonds is 4. The first-order valence-electron chi connectivity index (χ1n) is 10.5. The standard InChI is InChI=1S/C25H20BrN3O5/c1-12-9-16-17(10-13(12)2)28-25(27-16)29-21(19-5-4-8-34-19)20(23(31)24(29)32)22(30)14-6-7-18(33-3)15(26)11-14/h4-11,21,30H,1-3H3,(H,27,28)/b22-20+. The summed E-state index contributed by atoms with van der Waals surface area (Å²) in [5.74, 6) is -0.901. The number of ketones is 1. The number of nitrogens with one attached hydrogen (secondary N) is 1. The van der Waals surface area contributed by atoms with Crippen LogP contribution >= 0.6 is 15.9 Å². The van der Waals surface area contributed by atoms with Crippen LogP contribution in [-0.4, -0.2) is 33.9 Å². The third-order valence-electron chi connectivity index (χ3n) is 6.00. The monoisotopic (exact) mass is 521 g/mol. The number of hydrogen-bond acceptors (Lipinski definition) is 6. The highest BCUT2D eigenvalue weighted by Gasteiger charge is 2.49. The van der Waals surface area contributed by atoms with Crippen LogP contribution in [0.15, 0.2) is 63.2 Å². The number of carbonyl (C=O) groups excluding carboxylic acids is 2. The Morgan fingerprint density at radius 2 is 1.94 bits per heavy atom. The molecule has 2 aromatic carbocycles. The first-order chi connectivity index (χ1) is 16.3. The van der Waals surface area contributed by atoms with E-state index in [-0.39, 0.29) is 17.3 Å². The van der Waals surface area contributed by atoms with Gasteiger partial charge in [0.1, 0.15) is 23.3 Å². The Bertz CT molecular complexity index is 1450. The predicted octanol–water partition coefficient (Wildman–Crippen LogP) is 5.17. The van der Waals surface area contributed by atoms with Crippen LogP contribution in [0.25, 0.3) is 16.8 Å². The number of imidazole rings is 1. The molecule has 1 amide bonds. The molecule has 0 spiro atoms. The van der Waals surface area contributed by atoms with Crippen molar-refractivity contribution in [3.05, 3.63) is 81.2 Å². The number of Topliss-reactive ketones (excluding diaryl/α,β-unsaturated/α-hetero) is 1. The van der Waals surface area contributed by atoms with Crippen LogP contribution in [0.2, 0.25) is 0 Å². The molecular weight excluding hydrogens is 502 g/mol. The number of aliphatic hydroxyl groups excluding tert-OH is 1. The minimum atomic E-state index is -1.00. The van der Waals surface area contributed by atoms with Crippen molar-refractivity contribution in [2.24, 2.45) is 0 Å². The highest BCUT2D eigenvalue weighted by molar-refractivity contribution is 9.10. The maximum absolute atomic E-state index is 13.2. The minimum Gasteiger partial charge on any atom is -0.507 e. The number of H-pyrrole nitrogens is 1. The number of ether oxygens (including phenoxy) is 1. The lowest BCUT2D eigenvalue weighted by molar-refractivity contribution is -0.132. The van der Waals surface area contributed by atoms with E-state index in [0.717, 1.165) is 16.6 Å². The molecule has 0 aliphatic carbocycles. The summed E-state index contributed by atoms with van der Waals surface area (Å²) in [6.07, 6.45) is 1.45. The molecule has 1 aliphatic heterocycles. The second kappa shape index (κ2) is 8.18. The van der Waals surface area contributed by atoms with Gasteiger partial charge in [-0.15, -0.1) is 0 Å². The lowest BCUT2D eigenvalue weighted by Gasteiger charge is -2.20. The van der Waals surface area contributed by atoms with Crippen LogP contribution in [-0.2, 0) is 9.59 Å². The molecular formula is C25H20BrN3O5. The van der Waals surface area contributed by atoms with Crippen molar-refractivity contribution in [1.29, 1.82) is 0 Å². The van der Waals surface area contributed by atoms with E-state index in [1.54, 1.807) is 30.3 Å². The van der Waals surface area contributed by atoms with Gasteiger partial charge in [0.15, 0.2) is 0 Å². The van der Waals surface area contributed by atoms with Crippen molar-refractivity contribution in [3.63, 3.8) is 0 Å². The number of methoxy groups -OCH3 is 1. The predicted molar refractivity (Wildman–Crippen MR) is 130 cm³/mol. The molecule has 0 bridgehead atoms. The first kappa shape index (κ1) is 22.0. The fraction of sp³-hybridized carbons (Fsp3) is 0.160. The zero-order valence-corrected chi connectivity index (χ0v) is 20.1. The van der Waals surface area contributed by atoms with E-state index in [9.17, 15) is 14.7 Å². The topological polar surface area (TPSA) is 109 Å². The quantitative estimate of drug-likeness (QED) is 0.218. The van der Waals surface area contributed by atoms with Gasteiger partial charge in [-0.2, -0.15) is 0 Å². The summed E-state index contributed by atoms with van der Waals surface area (Å²) < 4.78 is 11.4. The van der Waals surface area contributed by atoms with Crippen molar-refractivity contribution in [2.75, 3.05) is 12.0 Å². The summed E-state index contributed by atoms with van der Waals surface area (Å²) in [6, 6.07) is 11.0. The molecule has 3 heterocycles. The van der Waals surface area contributed by atoms with E-state index < -0.39 is 17.7 Å². The van der Waals surface area contributed by atoms with Crippen LogP contribution in [0.1, 0.15) is 28.5 Å². The minimum absolute atomic E-state index is 0.0927. The molecule has 1 saturated heterocycles. The molecule has 2 N–H and O–H groups in total. The number of aromatic amines is 1. The van der Waals surface area contributed by atoms with E-state index >= 15 is 0 Å². The molecule has 1 unspecified atom stereocenters. The molecule has 172 valence electrons. The molecule has 0 radical (unpaired) electrons. The van der Waals surface area contributed by atoms with Crippen LogP contribution < -0.4 is 9.64 Å². The Morgan fingerprint density at radius 1 is 1.18 bits per heavy atom. The Balaban J connectivity index is 1.70. The fourth-order valence-corrected chi connectivity index (χ4v) is 4.65. The largest absolute Gasteiger partial charge is 0.507 e. The number of fused-ring (bicyclic) bond motifs is 1. The number of anilines is 1. The smallest absolute Gasteiger partial charge is 0.302 e. The Kier molecular flexibility index (Phi) is 5.28. The molecule has 5 rings (SSSR count). The zero-order valence-electron chi connectivity index (χ0n) is 18.5. The highest BCUT2D eigenvalue weighted by Crippen LogP contribution is 2.42. The van der Waals surface area contributed by atoms with Gasteiger partial charge in [-0.1, -0.05) is 0 Å². The number of halogens is 1. The number of carbonyl (C=O) groups is 2. The normalized spacial score (nSPS) is 17.6. The number of benzene rings is 2. The van der Waals surface area contributed by atoms with Gasteiger partial charge in [0.25, 0.3) is 5.78 Å². The number of nitrogens with zero attached hydrogens (tertiary/aromatic N) is 2. The number of hydrogen-bond donors (Lipinski definition) is 2. The van der Waals surface area contributed by atoms with Gasteiger partial charge in [-0.25, -0.2) is 4.98 Å². The summed E-state index contributed by atoms with van der Waals surface area (Å²) >= 11 is 3.39. The van der Waals surface area contributed by atoms with Gasteiger partial charge in [-0.3, -0.25) is 14.5 Å². The summed E-state index contributed by atoms with van der Waals surface area (Å²) in [5, 5.41) is 11.2. The van der Waals surface area contributed by atoms with E-state index in [4.69, 9.17) is 9.15 Å². The van der Waals surface area contributed by atoms with Crippen molar-refractivity contribution >= 4 is 50.4 Å². The van der Waals surface area contributed by atoms with Gasteiger partial charge < -0.3 is 19.2 Å². The lowest BCUT2D eigenvalue weighted by atomic mass is 9.99. The van der Waals surface area contributed by atoms with Gasteiger partial charge in [-0.05, 0) is 83.4 Å². The average Bonchev–Trinajstić information content (AvgIpc) is 3.53. The molecule has 34 heavy (non-hydrogen) atoms. The molecule has 2 aromatic heterocycles. The van der Waals surface area contributed by atoms with Crippen molar-refractivity contribution in [1.82, 2.24) is 9.97 Å². The summed E-state index contributed by atoms with van der Waals surface area (Å²) in [5.41, 5.74) is 3.77. The van der Waals surface area contributed by atoms with Crippen LogP contribution in [0, 0.1) is 13.8 Å². The number of furan rings is 1. The number of amides is 1. The SMILES string of the molecule is COc1ccc(/C(O)=C2\C(=O)C(=O)N(c3nc4cc(C)c(C)cc4[nH]3)C2c2ccco2)cc1Br. The second-order valence-electron chi connectivity index (χ2n) is 8.05. The second-order valence-corrected chi connectivity index (χ2v) is 8.90. The average molecular weight is 522 g/mol. The maximum Gasteiger partial charge on any atom is 0.302 e. The van der Waals surface area contributed by atoms with Crippen LogP contribution in [0.3, 0.4) is 0 Å². The van der Waals surface area contributed by atoms with Crippen molar-refractivity contribution in [2.45, 2.75) is 19.9 Å². The Hall–Kier alpha value is -3.85. The third kappa shape index (κ3) is 3.40. The Morgan fingerprint density at radius 3 is 2.62 bits per heavy atom. The molecule has 1 aliphatic rings. The summed E-state index contributed by atoms with van der Waals surface area (Å²) in [6.45, 7) is 3.96. The molecule has 1 fully saturated rings. The molecule has 1 atom stereocenters. The van der Waals surface area contributed by atoms with Gasteiger partial charge in [0.05, 0.1) is 34.5 Å². The summed E-state index contributed by atoms with van der Waals surface area (Å²) in [7, 11) is 1.53. The fourth-order valence-electron chi connectivity index (χ4n) is 4.11. The van der Waals surface area contributed by atoms with Crippen molar-refractivity contribution < 1.29 is 23.8 Å². The van der Waals surface area contributed by atoms with Crippen molar-refractivity contribution in [3.8, 4) is 5.75 Å². The van der Waals surface area contributed by atoms with E-state index in [0.29, 0.717) is 27.1 Å². The first-order valence-corrected chi connectivity index (χ1v) is 11.2. The van der Waals surface area contributed by atoms with E-state index in [1.165, 1.54) is 18.3 Å². The zero-order chi connectivity index (χ0) is 24.1. The van der Waals surface area contributed by atoms with E-state index in [2.05, 4.69) is 25.9 Å². The molecule has 0 saturated carbocycles. The molecule has 9 heteroatoms. The summed E-state index contributed by atoms with van der Waals surface area (Å²) in [4.78, 5) is 35.4. The maximum atomic E-state index is 13.2. The lowest BCUT2D eigenvalue weighted by Crippen LogP contribution is -2.30. The number of aryl methyl sites for hydroxylation is 2. The highest BCUT2D eigenvalue weighted by atomic mass is 79.9. The van der Waals surface area contributed by atoms with E-state index in [1.807, 2.05) is 26.0 Å². The number of aromatic nitrogens is 2. The van der Waals surface area contributed by atoms with Crippen LogP contribution in [0.4, 0.5) is 5.95 Å². The third-order valence-corrected chi connectivity index (χ3v) is 6.62. The molecule has 8 nitrogen and oxygen atoms in total. The van der Waals surface area contributed by atoms with Gasteiger partial charge in [0, 0.05) is 5.56 Å². The van der Waals surface area contributed by atoms with Crippen LogP contribution in [0.5, 0.6) is 5.75 Å². The molecule has 4 aromatic rings. The number of aliphatic hydroxyl groups is 1. The Labute approximate surface area is 203 Å².